The van der Waals surface area contributed by atoms with Crippen molar-refractivity contribution in [2.24, 2.45) is 0 Å². The molecule has 4 rings (SSSR count). The molecule has 0 saturated carbocycles. The fraction of sp³-hybridized carbons (Fsp3) is 0.667. The summed E-state index contributed by atoms with van der Waals surface area (Å²) in [5.41, 5.74) is 0. The van der Waals surface area contributed by atoms with Crippen LogP contribution in [-0.4, -0.2) is 51.8 Å². The van der Waals surface area contributed by atoms with E-state index in [9.17, 15) is 0 Å². The third-order valence-electron chi connectivity index (χ3n) is 7.78. The zero-order valence-corrected chi connectivity index (χ0v) is 24.5. The number of allylic oxidation sites excluding steroid dienone is 8. The first-order chi connectivity index (χ1) is 13.9. The monoisotopic (exact) mass is 542 g/mol. The van der Waals surface area contributed by atoms with Crippen molar-refractivity contribution in [2.45, 2.75) is 77.6 Å². The predicted molar refractivity (Wildman–Crippen MR) is 132 cm³/mol. The van der Waals surface area contributed by atoms with Gasteiger partial charge in [-0.05, 0) is 0 Å². The van der Waals surface area contributed by atoms with Gasteiger partial charge in [0.15, 0.2) is 0 Å². The Hall–Kier alpha value is 0.0569. The van der Waals surface area contributed by atoms with E-state index in [4.69, 9.17) is 0 Å². The van der Waals surface area contributed by atoms with Crippen LogP contribution in [-0.2, 0) is 23.2 Å². The summed E-state index contributed by atoms with van der Waals surface area (Å²) in [4.78, 5) is 0. The van der Waals surface area contributed by atoms with E-state index in [1.807, 2.05) is 17.0 Å². The van der Waals surface area contributed by atoms with Crippen LogP contribution in [0.15, 0.2) is 41.3 Å². The third kappa shape index (κ3) is 5.77. The minimum Gasteiger partial charge on any atom is -0.269 e. The first-order valence-corrected chi connectivity index (χ1v) is 20.3. The van der Waals surface area contributed by atoms with Crippen molar-refractivity contribution in [1.29, 1.82) is 0 Å². The van der Waals surface area contributed by atoms with E-state index >= 15 is 0 Å². The van der Waals surface area contributed by atoms with Crippen molar-refractivity contribution in [2.75, 3.05) is 26.2 Å². The van der Waals surface area contributed by atoms with Crippen molar-refractivity contribution >= 4 is 16.5 Å². The van der Waals surface area contributed by atoms with Crippen molar-refractivity contribution in [3.8, 4) is 0 Å². The second kappa shape index (κ2) is 11.5. The van der Waals surface area contributed by atoms with Gasteiger partial charge in [-0.15, -0.1) is 0 Å². The van der Waals surface area contributed by atoms with Crippen molar-refractivity contribution in [3.05, 3.63) is 41.3 Å². The molecule has 2 aliphatic heterocycles. The Bertz CT molecular complexity index is 685. The van der Waals surface area contributed by atoms with Crippen LogP contribution in [0.1, 0.15) is 51.4 Å². The number of hydrogen-bond acceptors (Lipinski definition) is 2. The Morgan fingerprint density at radius 2 is 0.968 bits per heavy atom. The van der Waals surface area contributed by atoms with Crippen molar-refractivity contribution in [1.82, 2.24) is 9.13 Å². The molecule has 0 aromatic carbocycles. The van der Waals surface area contributed by atoms with Crippen LogP contribution in [0.2, 0.25) is 26.2 Å². The van der Waals surface area contributed by atoms with E-state index in [1.54, 1.807) is 0 Å². The van der Waals surface area contributed by atoms with Gasteiger partial charge < -0.3 is 0 Å². The maximum Gasteiger partial charge on any atom is -0.269 e. The van der Waals surface area contributed by atoms with Crippen molar-refractivity contribution in [3.63, 3.8) is 0 Å². The van der Waals surface area contributed by atoms with Gasteiger partial charge in [-0.25, -0.2) is 0 Å². The average Bonchev–Trinajstić information content (AvgIpc) is 3.40. The van der Waals surface area contributed by atoms with E-state index < -0.39 is 39.7 Å². The largest absolute Gasteiger partial charge is 0.269 e. The molecule has 2 aliphatic carbocycles. The van der Waals surface area contributed by atoms with Gasteiger partial charge in [0.2, 0.25) is 0 Å². The number of rotatable bonds is 6. The van der Waals surface area contributed by atoms with Gasteiger partial charge in [0, 0.05) is 0 Å². The zero-order chi connectivity index (χ0) is 20.5. The molecule has 0 aromatic rings. The van der Waals surface area contributed by atoms with Crippen LogP contribution < -0.4 is 0 Å². The van der Waals surface area contributed by atoms with Gasteiger partial charge in [-0.2, -0.15) is 0 Å². The van der Waals surface area contributed by atoms with Crippen LogP contribution in [0.4, 0.5) is 9.41 Å². The average molecular weight is 544 g/mol. The normalized spacial score (nSPS) is 23.2. The van der Waals surface area contributed by atoms with Crippen LogP contribution in [0.25, 0.3) is 0 Å². The van der Waals surface area contributed by atoms with Crippen LogP contribution in [0.5, 0.6) is 0 Å². The first-order valence-electron chi connectivity index (χ1n) is 12.0. The number of nitrogens with zero attached hydrogens (tertiary/aromatic N) is 2. The fourth-order valence-corrected chi connectivity index (χ4v) is 20.4. The molecule has 174 valence electrons. The molecular weight excluding hydrogens is 502 g/mol. The Kier molecular flexibility index (Phi) is 10.1. The standard InChI is InChI=1S/2C12H20NSi.2FH.Zr/c2*1-14(2,12-8-4-5-9-12)13-10-6-3-7-11-13;;;/h2*4,8H,3,5-7,10-11H2,1-2H3;2*1H;. The maximum atomic E-state index is 2.91. The molecule has 0 aromatic heterocycles. The molecule has 0 radical (unpaired) electrons. The summed E-state index contributed by atoms with van der Waals surface area (Å²) in [5, 5.41) is 3.67. The summed E-state index contributed by atoms with van der Waals surface area (Å²) in [5.74, 6) is 0. The molecule has 0 atom stereocenters. The second-order valence-corrected chi connectivity index (χ2v) is 22.5. The molecule has 31 heavy (non-hydrogen) atoms. The molecule has 7 heteroatoms. The summed E-state index contributed by atoms with van der Waals surface area (Å²) < 4.78 is 9.68. The second-order valence-electron chi connectivity index (χ2n) is 10.3. The van der Waals surface area contributed by atoms with E-state index in [1.165, 1.54) is 77.5 Å². The Morgan fingerprint density at radius 1 is 0.613 bits per heavy atom. The molecule has 0 amide bonds. The molecule has 2 nitrogen and oxygen atoms in total. The summed E-state index contributed by atoms with van der Waals surface area (Å²) >= 11 is -0.657. The van der Waals surface area contributed by atoms with Gasteiger partial charge in [0.05, 0.1) is 0 Å². The number of hydrogen-bond donors (Lipinski definition) is 0. The summed E-state index contributed by atoms with van der Waals surface area (Å²) in [6.45, 7) is 15.9. The molecule has 0 bridgehead atoms. The van der Waals surface area contributed by atoms with Gasteiger partial charge >= 0.3 is 194 Å². The van der Waals surface area contributed by atoms with E-state index in [0.717, 1.165) is 0 Å². The Balaban J connectivity index is 0.00000171. The van der Waals surface area contributed by atoms with Gasteiger partial charge in [0.25, 0.3) is 0 Å². The van der Waals surface area contributed by atoms with Gasteiger partial charge in [-0.1, -0.05) is 0 Å². The molecule has 2 heterocycles. The molecular formula is C24H42F2N2Si2Zr. The predicted octanol–water partition coefficient (Wildman–Crippen LogP) is 6.26. The fourth-order valence-electron chi connectivity index (χ4n) is 5.82. The smallest absolute Gasteiger partial charge is 0.269 e. The van der Waals surface area contributed by atoms with Crippen LogP contribution in [0.3, 0.4) is 0 Å². The summed E-state index contributed by atoms with van der Waals surface area (Å²) in [6.07, 6.45) is 21.2. The Morgan fingerprint density at radius 3 is 1.32 bits per heavy atom. The summed E-state index contributed by atoms with van der Waals surface area (Å²) in [7, 11) is -2.96. The van der Waals surface area contributed by atoms with E-state index in [0.29, 0.717) is 0 Å². The number of halogens is 2. The minimum absolute atomic E-state index is 0. The van der Waals surface area contributed by atoms with Crippen molar-refractivity contribution < 1.29 is 32.6 Å². The molecule has 2 fully saturated rings. The van der Waals surface area contributed by atoms with E-state index in [2.05, 4.69) is 59.6 Å². The maximum absolute atomic E-state index is 2.91. The van der Waals surface area contributed by atoms with Crippen LogP contribution >= 0.6 is 0 Å². The minimum atomic E-state index is -1.48. The quantitative estimate of drug-likeness (QED) is 0.365. The van der Waals surface area contributed by atoms with Crippen LogP contribution in [0, 0.1) is 0 Å². The molecule has 0 spiro atoms. The topological polar surface area (TPSA) is 6.48 Å². The summed E-state index contributed by atoms with van der Waals surface area (Å²) in [6, 6.07) is 0. The number of piperidine rings is 2. The first kappa shape index (κ1) is 27.3. The third-order valence-corrected chi connectivity index (χ3v) is 20.4. The molecule has 4 aliphatic rings. The van der Waals surface area contributed by atoms with E-state index in [-0.39, 0.29) is 9.41 Å². The van der Waals surface area contributed by atoms with Gasteiger partial charge in [-0.3, -0.25) is 9.41 Å². The molecule has 0 unspecified atom stereocenters. The Labute approximate surface area is 202 Å². The SMILES string of the molecule is C[Si](C)(C1=[C]([Zr][C]2=C([Si](C)(C)N3CCCCC3)C=CC2)CC=C1)N1CCCCC1.F.F. The molecule has 2 saturated heterocycles. The van der Waals surface area contributed by atoms with Gasteiger partial charge in [0.1, 0.15) is 0 Å². The molecule has 0 N–H and O–H groups in total. The zero-order valence-electron chi connectivity index (χ0n) is 20.0.